The summed E-state index contributed by atoms with van der Waals surface area (Å²) in [6.45, 7) is 8.00. The Morgan fingerprint density at radius 1 is 0.889 bits per heavy atom. The van der Waals surface area contributed by atoms with Crippen LogP contribution in [0.1, 0.15) is 27.7 Å². The molecule has 0 radical (unpaired) electrons. The summed E-state index contributed by atoms with van der Waals surface area (Å²) in [6, 6.07) is 12.3. The van der Waals surface area contributed by atoms with Crippen LogP contribution in [0, 0.1) is 0 Å². The van der Waals surface area contributed by atoms with Crippen molar-refractivity contribution in [3.05, 3.63) is 42.5 Å². The van der Waals surface area contributed by atoms with Crippen LogP contribution < -0.4 is 5.73 Å². The Balaban J connectivity index is 0.000000659. The molecule has 1 aromatic heterocycles. The van der Waals surface area contributed by atoms with Crippen molar-refractivity contribution in [2.75, 3.05) is 5.73 Å². The van der Waals surface area contributed by atoms with Gasteiger partial charge in [-0.05, 0) is 36.4 Å². The Labute approximate surface area is 109 Å². The molecule has 98 valence electrons. The third-order valence-electron chi connectivity index (χ3n) is 1.93. The van der Waals surface area contributed by atoms with Gasteiger partial charge in [-0.1, -0.05) is 33.8 Å². The average Bonchev–Trinajstić information content (AvgIpc) is 2.44. The van der Waals surface area contributed by atoms with Crippen LogP contribution in [0.2, 0.25) is 0 Å². The number of hydrogen-bond donors (Lipinski definition) is 2. The van der Waals surface area contributed by atoms with E-state index in [1.807, 2.05) is 39.8 Å². The lowest BCUT2D eigenvalue weighted by molar-refractivity contribution is 0.475. The first kappa shape index (κ1) is 16.0. The molecule has 0 aliphatic rings. The second-order valence-electron chi connectivity index (χ2n) is 2.99. The summed E-state index contributed by atoms with van der Waals surface area (Å²) in [6.07, 6.45) is 0. The summed E-state index contributed by atoms with van der Waals surface area (Å²) in [5.74, 6) is 0.744. The molecule has 3 nitrogen and oxygen atoms in total. The highest BCUT2D eigenvalue weighted by Crippen LogP contribution is 2.20. The van der Waals surface area contributed by atoms with Gasteiger partial charge in [-0.25, -0.2) is 4.98 Å². The van der Waals surface area contributed by atoms with Gasteiger partial charge >= 0.3 is 0 Å². The van der Waals surface area contributed by atoms with Crippen molar-refractivity contribution in [1.82, 2.24) is 4.98 Å². The lowest BCUT2D eigenvalue weighted by Gasteiger charge is -2.01. The van der Waals surface area contributed by atoms with Crippen LogP contribution in [0.5, 0.6) is 5.75 Å². The van der Waals surface area contributed by atoms with Crippen LogP contribution in [0.15, 0.2) is 42.5 Å². The number of pyridine rings is 1. The molecule has 0 unspecified atom stereocenters. The zero-order valence-corrected chi connectivity index (χ0v) is 11.5. The van der Waals surface area contributed by atoms with Crippen LogP contribution in [0.25, 0.3) is 11.3 Å². The number of rotatable bonds is 1. The van der Waals surface area contributed by atoms with Gasteiger partial charge in [-0.3, -0.25) is 0 Å². The number of benzene rings is 1. The first-order valence-electron chi connectivity index (χ1n) is 6.27. The van der Waals surface area contributed by atoms with Gasteiger partial charge in [-0.2, -0.15) is 0 Å². The molecule has 0 atom stereocenters. The fraction of sp³-hybridized carbons (Fsp3) is 0.267. The van der Waals surface area contributed by atoms with Crippen LogP contribution in [0.3, 0.4) is 0 Å². The molecule has 0 aliphatic carbocycles. The molecule has 0 amide bonds. The maximum atomic E-state index is 9.11. The smallest absolute Gasteiger partial charge is 0.124 e. The van der Waals surface area contributed by atoms with Crippen molar-refractivity contribution in [3.63, 3.8) is 0 Å². The Bertz CT molecular complexity index is 439. The Kier molecular flexibility index (Phi) is 8.03. The minimum Gasteiger partial charge on any atom is -0.508 e. The van der Waals surface area contributed by atoms with E-state index >= 15 is 0 Å². The molecule has 3 heteroatoms. The van der Waals surface area contributed by atoms with E-state index in [0.717, 1.165) is 11.3 Å². The van der Waals surface area contributed by atoms with Gasteiger partial charge in [0.25, 0.3) is 0 Å². The van der Waals surface area contributed by atoms with Gasteiger partial charge in [0.05, 0.1) is 5.69 Å². The summed E-state index contributed by atoms with van der Waals surface area (Å²) in [7, 11) is 0. The number of phenols is 1. The number of aromatic nitrogens is 1. The second kappa shape index (κ2) is 9.05. The molecule has 18 heavy (non-hydrogen) atoms. The number of nitrogens with two attached hydrogens (primary N) is 1. The van der Waals surface area contributed by atoms with Gasteiger partial charge in [0.2, 0.25) is 0 Å². The van der Waals surface area contributed by atoms with Gasteiger partial charge in [0.1, 0.15) is 11.6 Å². The SMILES string of the molecule is CC.CC.Nc1cccc(-c2ccc(O)cc2)n1. The van der Waals surface area contributed by atoms with Gasteiger partial charge in [0, 0.05) is 5.56 Å². The molecule has 0 spiro atoms. The predicted octanol–water partition coefficient (Wildman–Crippen LogP) is 4.09. The molecule has 2 rings (SSSR count). The lowest BCUT2D eigenvalue weighted by Crippen LogP contribution is -1.90. The Morgan fingerprint density at radius 2 is 1.44 bits per heavy atom. The molecular formula is C15H22N2O. The minimum atomic E-state index is 0.248. The second-order valence-corrected chi connectivity index (χ2v) is 2.99. The van der Waals surface area contributed by atoms with E-state index < -0.39 is 0 Å². The van der Waals surface area contributed by atoms with Crippen molar-refractivity contribution < 1.29 is 5.11 Å². The Morgan fingerprint density at radius 3 is 1.94 bits per heavy atom. The van der Waals surface area contributed by atoms with E-state index in [9.17, 15) is 0 Å². The van der Waals surface area contributed by atoms with E-state index in [2.05, 4.69) is 4.98 Å². The third kappa shape index (κ3) is 4.87. The van der Waals surface area contributed by atoms with Crippen molar-refractivity contribution in [2.24, 2.45) is 0 Å². The van der Waals surface area contributed by atoms with Gasteiger partial charge in [-0.15, -0.1) is 0 Å². The summed E-state index contributed by atoms with van der Waals surface area (Å²) >= 11 is 0. The molecular weight excluding hydrogens is 224 g/mol. The molecule has 0 aliphatic heterocycles. The quantitative estimate of drug-likeness (QED) is 0.796. The average molecular weight is 246 g/mol. The number of nitrogen functional groups attached to an aromatic ring is 1. The van der Waals surface area contributed by atoms with Gasteiger partial charge < -0.3 is 10.8 Å². The predicted molar refractivity (Wildman–Crippen MR) is 78.4 cm³/mol. The van der Waals surface area contributed by atoms with E-state index in [0.29, 0.717) is 5.82 Å². The fourth-order valence-corrected chi connectivity index (χ4v) is 1.24. The molecule has 0 saturated carbocycles. The highest BCUT2D eigenvalue weighted by atomic mass is 16.3. The van der Waals surface area contributed by atoms with Crippen molar-refractivity contribution in [1.29, 1.82) is 0 Å². The summed E-state index contributed by atoms with van der Waals surface area (Å²) in [4.78, 5) is 4.17. The third-order valence-corrected chi connectivity index (χ3v) is 1.93. The normalized spacial score (nSPS) is 8.44. The Hall–Kier alpha value is -2.03. The maximum Gasteiger partial charge on any atom is 0.124 e. The van der Waals surface area contributed by atoms with Gasteiger partial charge in [0.15, 0.2) is 0 Å². The highest BCUT2D eigenvalue weighted by molar-refractivity contribution is 5.61. The lowest BCUT2D eigenvalue weighted by atomic mass is 10.1. The van der Waals surface area contributed by atoms with Crippen LogP contribution in [-0.2, 0) is 0 Å². The summed E-state index contributed by atoms with van der Waals surface area (Å²) < 4.78 is 0. The topological polar surface area (TPSA) is 59.1 Å². The van der Waals surface area contributed by atoms with E-state index in [-0.39, 0.29) is 5.75 Å². The molecule has 3 N–H and O–H groups in total. The zero-order chi connectivity index (χ0) is 14.0. The number of nitrogens with zero attached hydrogens (tertiary/aromatic N) is 1. The molecule has 1 aromatic carbocycles. The van der Waals surface area contributed by atoms with Crippen LogP contribution in [0.4, 0.5) is 5.82 Å². The molecule has 1 heterocycles. The maximum absolute atomic E-state index is 9.11. The van der Waals surface area contributed by atoms with E-state index in [4.69, 9.17) is 10.8 Å². The monoisotopic (exact) mass is 246 g/mol. The largest absolute Gasteiger partial charge is 0.508 e. The van der Waals surface area contributed by atoms with Crippen LogP contribution in [-0.4, -0.2) is 10.1 Å². The summed E-state index contributed by atoms with van der Waals surface area (Å²) in [5.41, 5.74) is 7.32. The fourth-order valence-electron chi connectivity index (χ4n) is 1.24. The molecule has 2 aromatic rings. The zero-order valence-electron chi connectivity index (χ0n) is 11.5. The van der Waals surface area contributed by atoms with Crippen LogP contribution >= 0.6 is 0 Å². The standard InChI is InChI=1S/C11H10N2O.2C2H6/c12-11-3-1-2-10(13-11)8-4-6-9(14)7-5-8;2*1-2/h1-7,14H,(H2,12,13);2*1-2H3. The molecule has 0 fully saturated rings. The number of hydrogen-bond acceptors (Lipinski definition) is 3. The molecule has 0 bridgehead atoms. The van der Waals surface area contributed by atoms with E-state index in [1.165, 1.54) is 0 Å². The van der Waals surface area contributed by atoms with E-state index in [1.54, 1.807) is 30.3 Å². The minimum absolute atomic E-state index is 0.248. The first-order chi connectivity index (χ1) is 8.75. The van der Waals surface area contributed by atoms with Crippen molar-refractivity contribution >= 4 is 5.82 Å². The number of aromatic hydroxyl groups is 1. The first-order valence-corrected chi connectivity index (χ1v) is 6.27. The number of anilines is 1. The summed E-state index contributed by atoms with van der Waals surface area (Å²) in [5, 5.41) is 9.11. The highest BCUT2D eigenvalue weighted by Gasteiger charge is 1.98. The molecule has 0 saturated heterocycles. The van der Waals surface area contributed by atoms with Crippen molar-refractivity contribution in [3.8, 4) is 17.0 Å². The van der Waals surface area contributed by atoms with Crippen molar-refractivity contribution in [2.45, 2.75) is 27.7 Å². The number of phenolic OH excluding ortho intramolecular Hbond substituents is 1.